The largest absolute Gasteiger partial charge is 0.480 e. The number of carboxylic acids is 1. The Hall–Kier alpha value is -1.18. The molecule has 2 atom stereocenters. The fourth-order valence-corrected chi connectivity index (χ4v) is 2.41. The molecule has 0 saturated heterocycles. The highest BCUT2D eigenvalue weighted by atomic mass is 16.4. The second-order valence-corrected chi connectivity index (χ2v) is 5.08. The van der Waals surface area contributed by atoms with E-state index in [1.165, 1.54) is 19.3 Å². The van der Waals surface area contributed by atoms with Crippen molar-refractivity contribution in [1.29, 1.82) is 0 Å². The molecule has 1 unspecified atom stereocenters. The minimum atomic E-state index is -1.32. The van der Waals surface area contributed by atoms with Crippen LogP contribution in [0.25, 0.3) is 0 Å². The van der Waals surface area contributed by atoms with Crippen LogP contribution >= 0.6 is 0 Å². The van der Waals surface area contributed by atoms with Gasteiger partial charge in [0.15, 0.2) is 0 Å². The number of amides is 1. The third-order valence-electron chi connectivity index (χ3n) is 3.46. The Morgan fingerprint density at radius 2 is 1.89 bits per heavy atom. The maximum absolute atomic E-state index is 11.5. The van der Waals surface area contributed by atoms with Gasteiger partial charge in [-0.1, -0.05) is 32.1 Å². The Kier molecular flexibility index (Phi) is 6.75. The Labute approximate surface area is 112 Å². The lowest BCUT2D eigenvalue weighted by Gasteiger charge is -2.26. The smallest absolute Gasteiger partial charge is 0.319 e. The first-order valence-electron chi connectivity index (χ1n) is 6.69. The number of hydrazine groups is 1. The highest BCUT2D eigenvalue weighted by Crippen LogP contribution is 2.27. The molecule has 7 nitrogen and oxygen atoms in total. The Morgan fingerprint density at radius 1 is 1.26 bits per heavy atom. The summed E-state index contributed by atoms with van der Waals surface area (Å²) in [7, 11) is 0. The van der Waals surface area contributed by atoms with E-state index in [9.17, 15) is 14.7 Å². The van der Waals surface area contributed by atoms with E-state index < -0.39 is 30.6 Å². The highest BCUT2D eigenvalue weighted by Gasteiger charge is 2.26. The maximum Gasteiger partial charge on any atom is 0.319 e. The van der Waals surface area contributed by atoms with Crippen molar-refractivity contribution in [3.63, 3.8) is 0 Å². The molecule has 0 aromatic heterocycles. The summed E-state index contributed by atoms with van der Waals surface area (Å²) in [5.41, 5.74) is 10.2. The Bertz CT molecular complexity index is 305. The SMILES string of the molecule is N[C@H](CC1CCCCC1)C(O)C(=O)NNCC(=O)O. The van der Waals surface area contributed by atoms with Crippen molar-refractivity contribution in [3.05, 3.63) is 0 Å². The molecule has 0 bridgehead atoms. The van der Waals surface area contributed by atoms with Gasteiger partial charge in [0.25, 0.3) is 5.91 Å². The number of carboxylic acid groups (broad SMARTS) is 1. The molecular weight excluding hydrogens is 250 g/mol. The van der Waals surface area contributed by atoms with E-state index in [1.54, 1.807) is 0 Å². The molecular formula is C12H23N3O4. The molecule has 0 aromatic rings. The van der Waals surface area contributed by atoms with Crippen molar-refractivity contribution < 1.29 is 19.8 Å². The zero-order valence-corrected chi connectivity index (χ0v) is 11.0. The Morgan fingerprint density at radius 3 is 2.47 bits per heavy atom. The number of nitrogens with one attached hydrogen (secondary N) is 2. The topological polar surface area (TPSA) is 125 Å². The average Bonchev–Trinajstić information content (AvgIpc) is 2.38. The van der Waals surface area contributed by atoms with E-state index in [1.807, 2.05) is 0 Å². The normalized spacial score (nSPS) is 19.7. The summed E-state index contributed by atoms with van der Waals surface area (Å²) >= 11 is 0. The number of nitrogens with two attached hydrogens (primary N) is 1. The monoisotopic (exact) mass is 273 g/mol. The first-order chi connectivity index (χ1) is 9.00. The summed E-state index contributed by atoms with van der Waals surface area (Å²) in [5.74, 6) is -1.32. The van der Waals surface area contributed by atoms with Gasteiger partial charge in [-0.3, -0.25) is 15.0 Å². The summed E-state index contributed by atoms with van der Waals surface area (Å²) in [4.78, 5) is 21.8. The van der Waals surface area contributed by atoms with Gasteiger partial charge < -0.3 is 15.9 Å². The van der Waals surface area contributed by atoms with E-state index in [0.717, 1.165) is 12.8 Å². The molecule has 0 spiro atoms. The fraction of sp³-hybridized carbons (Fsp3) is 0.833. The predicted octanol–water partition coefficient (Wildman–Crippen LogP) is -0.650. The summed E-state index contributed by atoms with van der Waals surface area (Å²) < 4.78 is 0. The lowest BCUT2D eigenvalue weighted by Crippen LogP contribution is -2.52. The molecule has 19 heavy (non-hydrogen) atoms. The van der Waals surface area contributed by atoms with Crippen molar-refractivity contribution in [1.82, 2.24) is 10.9 Å². The van der Waals surface area contributed by atoms with Gasteiger partial charge in [-0.2, -0.15) is 0 Å². The van der Waals surface area contributed by atoms with E-state index in [4.69, 9.17) is 10.8 Å². The van der Waals surface area contributed by atoms with Crippen LogP contribution in [0.5, 0.6) is 0 Å². The summed E-state index contributed by atoms with van der Waals surface area (Å²) in [6.07, 6.45) is 5.10. The van der Waals surface area contributed by atoms with Gasteiger partial charge in [0, 0.05) is 6.04 Å². The van der Waals surface area contributed by atoms with Crippen molar-refractivity contribution in [3.8, 4) is 0 Å². The van der Waals surface area contributed by atoms with Crippen LogP contribution in [-0.2, 0) is 9.59 Å². The molecule has 1 amide bonds. The minimum absolute atomic E-state index is 0.406. The summed E-state index contributed by atoms with van der Waals surface area (Å²) in [5, 5.41) is 18.1. The molecule has 1 fully saturated rings. The second-order valence-electron chi connectivity index (χ2n) is 5.08. The molecule has 7 heteroatoms. The number of carbonyl (C=O) groups excluding carboxylic acids is 1. The van der Waals surface area contributed by atoms with E-state index in [2.05, 4.69) is 10.9 Å². The third kappa shape index (κ3) is 6.00. The van der Waals surface area contributed by atoms with Crippen molar-refractivity contribution in [2.24, 2.45) is 11.7 Å². The fourth-order valence-electron chi connectivity index (χ4n) is 2.41. The molecule has 110 valence electrons. The maximum atomic E-state index is 11.5. The molecule has 1 aliphatic rings. The molecule has 0 aromatic carbocycles. The quantitative estimate of drug-likeness (QED) is 0.393. The lowest BCUT2D eigenvalue weighted by molar-refractivity contribution is -0.137. The van der Waals surface area contributed by atoms with Gasteiger partial charge in [-0.15, -0.1) is 0 Å². The van der Waals surface area contributed by atoms with Gasteiger partial charge in [0.2, 0.25) is 0 Å². The molecule has 0 heterocycles. The van der Waals surface area contributed by atoms with Crippen LogP contribution in [0.15, 0.2) is 0 Å². The van der Waals surface area contributed by atoms with Crippen LogP contribution in [0.3, 0.4) is 0 Å². The molecule has 1 saturated carbocycles. The summed E-state index contributed by atoms with van der Waals surface area (Å²) in [6, 6.07) is -0.616. The van der Waals surface area contributed by atoms with Crippen molar-refractivity contribution >= 4 is 11.9 Å². The lowest BCUT2D eigenvalue weighted by atomic mass is 9.84. The zero-order chi connectivity index (χ0) is 14.3. The van der Waals surface area contributed by atoms with Gasteiger partial charge in [0.1, 0.15) is 12.6 Å². The van der Waals surface area contributed by atoms with E-state index in [-0.39, 0.29) is 0 Å². The number of hydrogen-bond acceptors (Lipinski definition) is 5. The van der Waals surface area contributed by atoms with Crippen LogP contribution in [-0.4, -0.2) is 40.8 Å². The number of aliphatic hydroxyl groups excluding tert-OH is 1. The van der Waals surface area contributed by atoms with Gasteiger partial charge >= 0.3 is 5.97 Å². The average molecular weight is 273 g/mol. The second kappa shape index (κ2) is 8.08. The van der Waals surface area contributed by atoms with Crippen LogP contribution in [0, 0.1) is 5.92 Å². The Balaban J connectivity index is 2.27. The third-order valence-corrected chi connectivity index (χ3v) is 3.46. The number of carbonyl (C=O) groups is 2. The minimum Gasteiger partial charge on any atom is -0.480 e. The van der Waals surface area contributed by atoms with Crippen LogP contribution < -0.4 is 16.6 Å². The summed E-state index contributed by atoms with van der Waals surface area (Å²) in [6.45, 7) is -0.406. The van der Waals surface area contributed by atoms with Gasteiger partial charge in [-0.25, -0.2) is 5.43 Å². The first kappa shape index (κ1) is 15.9. The van der Waals surface area contributed by atoms with E-state index >= 15 is 0 Å². The van der Waals surface area contributed by atoms with Gasteiger partial charge in [0.05, 0.1) is 0 Å². The van der Waals surface area contributed by atoms with Crippen LogP contribution in [0.2, 0.25) is 0 Å². The molecule has 0 radical (unpaired) electrons. The number of aliphatic hydroxyl groups is 1. The molecule has 1 aliphatic carbocycles. The standard InChI is InChI=1S/C12H23N3O4/c13-9(6-8-4-2-1-3-5-8)11(18)12(19)15-14-7-10(16)17/h8-9,11,14,18H,1-7,13H2,(H,15,19)(H,16,17)/t9-,11?/m1/s1. The highest BCUT2D eigenvalue weighted by molar-refractivity contribution is 5.81. The number of hydrogen-bond donors (Lipinski definition) is 5. The molecule has 6 N–H and O–H groups in total. The van der Waals surface area contributed by atoms with E-state index in [0.29, 0.717) is 12.3 Å². The predicted molar refractivity (Wildman–Crippen MR) is 69.0 cm³/mol. The molecule has 1 rings (SSSR count). The zero-order valence-electron chi connectivity index (χ0n) is 11.0. The van der Waals surface area contributed by atoms with Crippen LogP contribution in [0.1, 0.15) is 38.5 Å². The first-order valence-corrected chi connectivity index (χ1v) is 6.69. The molecule has 0 aliphatic heterocycles. The number of aliphatic carboxylic acids is 1. The van der Waals surface area contributed by atoms with Gasteiger partial charge in [-0.05, 0) is 12.3 Å². The van der Waals surface area contributed by atoms with Crippen molar-refractivity contribution in [2.45, 2.75) is 50.7 Å². The van der Waals surface area contributed by atoms with Crippen molar-refractivity contribution in [2.75, 3.05) is 6.54 Å². The number of rotatable bonds is 7. The van der Waals surface area contributed by atoms with Crippen LogP contribution in [0.4, 0.5) is 0 Å².